The normalized spacial score (nSPS) is 10.9. The molecular weight excluding hydrogens is 268 g/mol. The molecule has 0 aliphatic rings. The molecule has 2 rings (SSSR count). The number of unbranched alkanes of at least 4 members (excludes halogenated alkanes) is 4. The van der Waals surface area contributed by atoms with Gasteiger partial charge in [0, 0.05) is 12.4 Å². The Balaban J connectivity index is 1.96. The Morgan fingerprint density at radius 2 is 2.14 bits per heavy atom. The van der Waals surface area contributed by atoms with Gasteiger partial charge in [0.15, 0.2) is 11.4 Å². The first kappa shape index (κ1) is 15.4. The summed E-state index contributed by atoms with van der Waals surface area (Å²) >= 11 is 0. The molecule has 1 N–H and O–H groups in total. The predicted molar refractivity (Wildman–Crippen MR) is 80.8 cm³/mol. The molecule has 114 valence electrons. The Hall–Kier alpha value is -2.04. The van der Waals surface area contributed by atoms with Crippen molar-refractivity contribution in [1.29, 1.82) is 0 Å². The van der Waals surface area contributed by atoms with Gasteiger partial charge in [-0.05, 0) is 18.6 Å². The zero-order valence-electron chi connectivity index (χ0n) is 12.4. The highest BCUT2D eigenvalue weighted by Crippen LogP contribution is 2.19. The average Bonchev–Trinajstić information content (AvgIpc) is 2.84. The monoisotopic (exact) mass is 290 g/mol. The van der Waals surface area contributed by atoms with Crippen LogP contribution in [0.1, 0.15) is 44.7 Å². The van der Waals surface area contributed by atoms with E-state index in [0.717, 1.165) is 6.42 Å². The van der Waals surface area contributed by atoms with Crippen molar-refractivity contribution in [3.05, 3.63) is 30.2 Å². The molecule has 0 saturated carbocycles. The van der Waals surface area contributed by atoms with Crippen LogP contribution in [0.3, 0.4) is 0 Å². The minimum absolute atomic E-state index is 0.0713. The van der Waals surface area contributed by atoms with E-state index in [2.05, 4.69) is 11.9 Å². The summed E-state index contributed by atoms with van der Waals surface area (Å²) < 4.78 is 7.60. The van der Waals surface area contributed by atoms with Crippen molar-refractivity contribution in [1.82, 2.24) is 9.38 Å². The number of aliphatic carboxylic acids is 1. The number of nitrogens with zero attached hydrogens (tertiary/aromatic N) is 2. The van der Waals surface area contributed by atoms with Gasteiger partial charge in [0.2, 0.25) is 0 Å². The minimum atomic E-state index is -0.878. The lowest BCUT2D eigenvalue weighted by Gasteiger charge is -2.06. The molecule has 0 saturated heterocycles. The number of carboxylic acids is 1. The fourth-order valence-electron chi connectivity index (χ4n) is 2.28. The van der Waals surface area contributed by atoms with Crippen molar-refractivity contribution in [2.24, 2.45) is 0 Å². The van der Waals surface area contributed by atoms with Crippen LogP contribution in [0.5, 0.6) is 5.75 Å². The van der Waals surface area contributed by atoms with Gasteiger partial charge < -0.3 is 14.2 Å². The standard InChI is InChI=1S/C16H22N2O3/c1-2-3-4-5-6-10-21-14-8-7-9-18-12-13(11-15(19)20)17-16(14)18/h7-9,12H,2-6,10-11H2,1H3,(H,19,20). The fraction of sp³-hybridized carbons (Fsp3) is 0.500. The summed E-state index contributed by atoms with van der Waals surface area (Å²) in [7, 11) is 0. The highest BCUT2D eigenvalue weighted by molar-refractivity contribution is 5.70. The van der Waals surface area contributed by atoms with Crippen molar-refractivity contribution < 1.29 is 14.6 Å². The molecule has 0 fully saturated rings. The highest BCUT2D eigenvalue weighted by Gasteiger charge is 2.09. The first-order chi connectivity index (χ1) is 10.2. The van der Waals surface area contributed by atoms with Crippen LogP contribution < -0.4 is 4.74 Å². The van der Waals surface area contributed by atoms with E-state index in [1.165, 1.54) is 25.7 Å². The van der Waals surface area contributed by atoms with Crippen molar-refractivity contribution in [3.63, 3.8) is 0 Å². The average molecular weight is 290 g/mol. The summed E-state index contributed by atoms with van der Waals surface area (Å²) in [5.41, 5.74) is 1.23. The lowest BCUT2D eigenvalue weighted by molar-refractivity contribution is -0.136. The molecule has 0 aliphatic carbocycles. The summed E-state index contributed by atoms with van der Waals surface area (Å²) in [5.74, 6) is -0.165. The van der Waals surface area contributed by atoms with Crippen LogP contribution in [0, 0.1) is 0 Å². The van der Waals surface area contributed by atoms with Crippen LogP contribution in [0.25, 0.3) is 5.65 Å². The molecule has 0 radical (unpaired) electrons. The molecule has 0 spiro atoms. The van der Waals surface area contributed by atoms with Gasteiger partial charge in [0.05, 0.1) is 18.7 Å². The second-order valence-electron chi connectivity index (χ2n) is 5.17. The second-order valence-corrected chi connectivity index (χ2v) is 5.17. The number of hydrogen-bond acceptors (Lipinski definition) is 3. The van der Waals surface area contributed by atoms with Crippen LogP contribution >= 0.6 is 0 Å². The Morgan fingerprint density at radius 1 is 1.33 bits per heavy atom. The second kappa shape index (κ2) is 7.67. The van der Waals surface area contributed by atoms with Gasteiger partial charge in [0.1, 0.15) is 0 Å². The van der Waals surface area contributed by atoms with Gasteiger partial charge >= 0.3 is 5.97 Å². The number of carbonyl (C=O) groups is 1. The summed E-state index contributed by atoms with van der Waals surface area (Å²) in [4.78, 5) is 15.1. The van der Waals surface area contributed by atoms with E-state index in [1.54, 1.807) is 6.20 Å². The molecule has 0 amide bonds. The predicted octanol–water partition coefficient (Wildman–Crippen LogP) is 3.31. The molecule has 0 aliphatic heterocycles. The van der Waals surface area contributed by atoms with Crippen LogP contribution in [0.4, 0.5) is 0 Å². The molecule has 2 aromatic heterocycles. The Morgan fingerprint density at radius 3 is 2.90 bits per heavy atom. The molecule has 5 heteroatoms. The lowest BCUT2D eigenvalue weighted by Crippen LogP contribution is -2.00. The molecule has 5 nitrogen and oxygen atoms in total. The molecule has 2 aromatic rings. The zero-order chi connectivity index (χ0) is 15.1. The highest BCUT2D eigenvalue weighted by atomic mass is 16.5. The minimum Gasteiger partial charge on any atom is -0.490 e. The van der Waals surface area contributed by atoms with E-state index < -0.39 is 5.97 Å². The van der Waals surface area contributed by atoms with Crippen molar-refractivity contribution in [3.8, 4) is 5.75 Å². The van der Waals surface area contributed by atoms with Gasteiger partial charge in [-0.2, -0.15) is 0 Å². The number of rotatable bonds is 9. The van der Waals surface area contributed by atoms with Gasteiger partial charge in [0.25, 0.3) is 0 Å². The van der Waals surface area contributed by atoms with Gasteiger partial charge in [-0.25, -0.2) is 4.98 Å². The van der Waals surface area contributed by atoms with Crippen LogP contribution in [-0.4, -0.2) is 27.1 Å². The topological polar surface area (TPSA) is 63.8 Å². The smallest absolute Gasteiger partial charge is 0.309 e. The fourth-order valence-corrected chi connectivity index (χ4v) is 2.28. The van der Waals surface area contributed by atoms with E-state index in [0.29, 0.717) is 23.7 Å². The number of carboxylic acid groups (broad SMARTS) is 1. The third-order valence-corrected chi connectivity index (χ3v) is 3.33. The van der Waals surface area contributed by atoms with Crippen molar-refractivity contribution in [2.75, 3.05) is 6.61 Å². The van der Waals surface area contributed by atoms with Crippen molar-refractivity contribution >= 4 is 11.6 Å². The molecular formula is C16H22N2O3. The molecule has 2 heterocycles. The van der Waals surface area contributed by atoms with Gasteiger partial charge in [-0.3, -0.25) is 4.79 Å². The third kappa shape index (κ3) is 4.48. The van der Waals surface area contributed by atoms with Crippen LogP contribution in [-0.2, 0) is 11.2 Å². The zero-order valence-corrected chi connectivity index (χ0v) is 12.4. The molecule has 21 heavy (non-hydrogen) atoms. The van der Waals surface area contributed by atoms with Crippen LogP contribution in [0.15, 0.2) is 24.5 Å². The number of ether oxygens (including phenoxy) is 1. The summed E-state index contributed by atoms with van der Waals surface area (Å²) in [5, 5.41) is 8.83. The quantitative estimate of drug-likeness (QED) is 0.720. The van der Waals surface area contributed by atoms with E-state index in [1.807, 2.05) is 22.7 Å². The maximum Gasteiger partial charge on any atom is 0.309 e. The Bertz CT molecular complexity index is 592. The number of pyridine rings is 1. The Kier molecular flexibility index (Phi) is 5.60. The number of hydrogen-bond donors (Lipinski definition) is 1. The van der Waals surface area contributed by atoms with E-state index in [4.69, 9.17) is 9.84 Å². The molecule has 0 atom stereocenters. The molecule has 0 unspecified atom stereocenters. The van der Waals surface area contributed by atoms with E-state index in [9.17, 15) is 4.79 Å². The number of aromatic nitrogens is 2. The molecule has 0 bridgehead atoms. The summed E-state index contributed by atoms with van der Waals surface area (Å²) in [6.45, 7) is 2.87. The number of imidazole rings is 1. The Labute approximate surface area is 124 Å². The summed E-state index contributed by atoms with van der Waals surface area (Å²) in [6, 6.07) is 3.75. The first-order valence-electron chi connectivity index (χ1n) is 7.52. The largest absolute Gasteiger partial charge is 0.490 e. The number of fused-ring (bicyclic) bond motifs is 1. The van der Waals surface area contributed by atoms with Crippen LogP contribution in [0.2, 0.25) is 0 Å². The van der Waals surface area contributed by atoms with Gasteiger partial charge in [-0.1, -0.05) is 32.6 Å². The SMILES string of the molecule is CCCCCCCOc1cccn2cc(CC(=O)O)nc12. The van der Waals surface area contributed by atoms with E-state index in [-0.39, 0.29) is 6.42 Å². The molecule has 0 aromatic carbocycles. The van der Waals surface area contributed by atoms with E-state index >= 15 is 0 Å². The third-order valence-electron chi connectivity index (χ3n) is 3.33. The lowest BCUT2D eigenvalue weighted by atomic mass is 10.2. The van der Waals surface area contributed by atoms with Gasteiger partial charge in [-0.15, -0.1) is 0 Å². The summed E-state index contributed by atoms with van der Waals surface area (Å²) in [6.07, 6.45) is 9.47. The first-order valence-corrected chi connectivity index (χ1v) is 7.52. The maximum atomic E-state index is 10.7. The van der Waals surface area contributed by atoms with Crippen molar-refractivity contribution in [2.45, 2.75) is 45.4 Å². The maximum absolute atomic E-state index is 10.7.